The average molecular weight is 375 g/mol. The maximum absolute atomic E-state index is 12.5. The summed E-state index contributed by atoms with van der Waals surface area (Å²) in [5.41, 5.74) is 1.36. The Hall–Kier alpha value is -3.24. The molecule has 7 heteroatoms. The van der Waals surface area contributed by atoms with Crippen molar-refractivity contribution in [3.63, 3.8) is 0 Å². The number of anilines is 1. The Balaban J connectivity index is 1.64. The van der Waals surface area contributed by atoms with E-state index >= 15 is 0 Å². The van der Waals surface area contributed by atoms with Gasteiger partial charge in [-0.2, -0.15) is 5.26 Å². The summed E-state index contributed by atoms with van der Waals surface area (Å²) < 4.78 is 7.55. The normalized spacial score (nSPS) is 24.1. The zero-order chi connectivity index (χ0) is 19.5. The van der Waals surface area contributed by atoms with Gasteiger partial charge in [0.15, 0.2) is 0 Å². The van der Waals surface area contributed by atoms with Crippen LogP contribution in [0.1, 0.15) is 0 Å². The highest BCUT2D eigenvalue weighted by Crippen LogP contribution is 2.28. The van der Waals surface area contributed by atoms with Gasteiger partial charge in [0.25, 0.3) is 5.56 Å². The predicted molar refractivity (Wildman–Crippen MR) is 106 cm³/mol. The molecule has 2 aromatic rings. The van der Waals surface area contributed by atoms with Gasteiger partial charge in [0.1, 0.15) is 0 Å². The number of aromatic nitrogens is 3. The van der Waals surface area contributed by atoms with Gasteiger partial charge in [0.2, 0.25) is 5.95 Å². The summed E-state index contributed by atoms with van der Waals surface area (Å²) in [5.74, 6) is 0.379. The van der Waals surface area contributed by atoms with E-state index in [0.29, 0.717) is 31.3 Å². The highest BCUT2D eigenvalue weighted by molar-refractivity contribution is 5.59. The second-order valence-corrected chi connectivity index (χ2v) is 6.93. The summed E-state index contributed by atoms with van der Waals surface area (Å²) in [6, 6.07) is 7.56. The molecule has 1 saturated heterocycles. The number of hydrogen-bond acceptors (Lipinski definition) is 6. The molecule has 1 aliphatic heterocycles. The van der Waals surface area contributed by atoms with Crippen LogP contribution in [0.5, 0.6) is 0 Å². The number of allylic oxidation sites excluding steroid dienone is 3. The zero-order valence-corrected chi connectivity index (χ0v) is 15.6. The van der Waals surface area contributed by atoms with E-state index in [0.717, 1.165) is 5.56 Å². The molecule has 1 fully saturated rings. The quantitative estimate of drug-likeness (QED) is 0.815. The molecule has 3 heterocycles. The molecule has 142 valence electrons. The summed E-state index contributed by atoms with van der Waals surface area (Å²) in [5, 5.41) is 9.45. The van der Waals surface area contributed by atoms with Crippen molar-refractivity contribution in [1.82, 2.24) is 14.5 Å². The Kier molecular flexibility index (Phi) is 5.04. The second kappa shape index (κ2) is 7.79. The van der Waals surface area contributed by atoms with Crippen LogP contribution in [-0.2, 0) is 11.8 Å². The van der Waals surface area contributed by atoms with Crippen molar-refractivity contribution >= 4 is 5.95 Å². The lowest BCUT2D eigenvalue weighted by atomic mass is 9.84. The Bertz CT molecular complexity index is 1010. The monoisotopic (exact) mass is 375 g/mol. The Labute approximate surface area is 163 Å². The van der Waals surface area contributed by atoms with E-state index in [4.69, 9.17) is 9.72 Å². The Morgan fingerprint density at radius 2 is 2.04 bits per heavy atom. The molecule has 2 aromatic heterocycles. The Morgan fingerprint density at radius 1 is 1.25 bits per heavy atom. The summed E-state index contributed by atoms with van der Waals surface area (Å²) in [7, 11) is 1.73. The highest BCUT2D eigenvalue weighted by atomic mass is 16.5. The third kappa shape index (κ3) is 3.47. The van der Waals surface area contributed by atoms with Crippen LogP contribution in [0.2, 0.25) is 0 Å². The zero-order valence-electron chi connectivity index (χ0n) is 15.6. The maximum atomic E-state index is 12.5. The highest BCUT2D eigenvalue weighted by Gasteiger charge is 2.33. The minimum absolute atomic E-state index is 0.0155. The van der Waals surface area contributed by atoms with Gasteiger partial charge >= 0.3 is 0 Å². The molecule has 2 unspecified atom stereocenters. The molecule has 0 bridgehead atoms. The molecule has 1 aliphatic carbocycles. The fourth-order valence-corrected chi connectivity index (χ4v) is 3.68. The van der Waals surface area contributed by atoms with Gasteiger partial charge in [0, 0.05) is 50.1 Å². The van der Waals surface area contributed by atoms with Gasteiger partial charge in [-0.25, -0.2) is 4.98 Å². The summed E-state index contributed by atoms with van der Waals surface area (Å²) in [6.45, 7) is 1.73. The first kappa shape index (κ1) is 18.1. The predicted octanol–water partition coefficient (Wildman–Crippen LogP) is 1.93. The first-order valence-corrected chi connectivity index (χ1v) is 9.27. The number of morpholine rings is 1. The van der Waals surface area contributed by atoms with E-state index in [1.807, 2.05) is 36.4 Å². The van der Waals surface area contributed by atoms with Crippen LogP contribution >= 0.6 is 0 Å². The van der Waals surface area contributed by atoms with Crippen LogP contribution in [0.15, 0.2) is 59.7 Å². The molecular formula is C21H21N5O2. The number of rotatable bonds is 3. The van der Waals surface area contributed by atoms with Crippen molar-refractivity contribution in [2.24, 2.45) is 18.9 Å². The number of ether oxygens (including phenoxy) is 1. The lowest BCUT2D eigenvalue weighted by molar-refractivity contribution is 0.00774. The summed E-state index contributed by atoms with van der Waals surface area (Å²) in [6.07, 6.45) is 11.0. The topological polar surface area (TPSA) is 84.0 Å². The van der Waals surface area contributed by atoms with Crippen LogP contribution in [0.25, 0.3) is 11.3 Å². The van der Waals surface area contributed by atoms with Crippen LogP contribution < -0.4 is 10.5 Å². The Morgan fingerprint density at radius 3 is 2.82 bits per heavy atom. The average Bonchev–Trinajstić information content (AvgIpc) is 2.76. The van der Waals surface area contributed by atoms with Gasteiger partial charge in [-0.05, 0) is 12.1 Å². The molecule has 0 amide bonds. The lowest BCUT2D eigenvalue weighted by Gasteiger charge is -2.38. The van der Waals surface area contributed by atoms with Crippen molar-refractivity contribution in [1.29, 1.82) is 5.26 Å². The van der Waals surface area contributed by atoms with Gasteiger partial charge in [-0.3, -0.25) is 14.3 Å². The molecule has 0 aromatic carbocycles. The summed E-state index contributed by atoms with van der Waals surface area (Å²) in [4.78, 5) is 23.4. The van der Waals surface area contributed by atoms with Crippen molar-refractivity contribution < 1.29 is 4.74 Å². The molecule has 2 aliphatic rings. The number of pyridine rings is 1. The molecule has 0 N–H and O–H groups in total. The van der Waals surface area contributed by atoms with Crippen molar-refractivity contribution in [3.8, 4) is 17.3 Å². The summed E-state index contributed by atoms with van der Waals surface area (Å²) >= 11 is 0. The van der Waals surface area contributed by atoms with Crippen LogP contribution in [0.3, 0.4) is 0 Å². The molecule has 28 heavy (non-hydrogen) atoms. The molecule has 0 spiro atoms. The standard InChI is InChI=1S/C21H21N5O2/c1-25-20(27)12-18(15-6-8-23-9-7-15)24-21(25)26-10-11-28-19(14-26)17-5-3-2-4-16(17)13-22/h2-9,12,16-17,19H,10-11,14H2,1H3/t16?,17?,19-/m0/s1. The lowest BCUT2D eigenvalue weighted by Crippen LogP contribution is -2.48. The number of hydrogen-bond donors (Lipinski definition) is 0. The van der Waals surface area contributed by atoms with Crippen molar-refractivity contribution in [2.45, 2.75) is 6.10 Å². The minimum Gasteiger partial charge on any atom is -0.374 e. The van der Waals surface area contributed by atoms with Gasteiger partial charge < -0.3 is 9.64 Å². The van der Waals surface area contributed by atoms with E-state index in [1.54, 1.807) is 24.0 Å². The van der Waals surface area contributed by atoms with E-state index < -0.39 is 0 Å². The fraction of sp³-hybridized carbons (Fsp3) is 0.333. The minimum atomic E-state index is -0.213. The van der Waals surface area contributed by atoms with E-state index in [9.17, 15) is 10.1 Å². The second-order valence-electron chi connectivity index (χ2n) is 6.93. The number of nitriles is 1. The van der Waals surface area contributed by atoms with Gasteiger partial charge in [0.05, 0.1) is 30.4 Å². The van der Waals surface area contributed by atoms with Crippen LogP contribution in [0.4, 0.5) is 5.95 Å². The maximum Gasteiger partial charge on any atom is 0.255 e. The van der Waals surface area contributed by atoms with Gasteiger partial charge in [-0.1, -0.05) is 24.3 Å². The molecule has 0 saturated carbocycles. The van der Waals surface area contributed by atoms with Crippen molar-refractivity contribution in [3.05, 3.63) is 65.3 Å². The first-order chi connectivity index (χ1) is 13.7. The SMILES string of the molecule is Cn1c(N2CCO[C@H](C3C=CC=CC3C#N)C2)nc(-c2ccncc2)cc1=O. The van der Waals surface area contributed by atoms with Gasteiger partial charge in [-0.15, -0.1) is 0 Å². The van der Waals surface area contributed by atoms with E-state index in [2.05, 4.69) is 16.0 Å². The van der Waals surface area contributed by atoms with Crippen LogP contribution in [0, 0.1) is 23.2 Å². The first-order valence-electron chi connectivity index (χ1n) is 9.27. The van der Waals surface area contributed by atoms with Crippen LogP contribution in [-0.4, -0.2) is 40.3 Å². The molecule has 3 atom stereocenters. The van der Waals surface area contributed by atoms with Crippen molar-refractivity contribution in [2.75, 3.05) is 24.6 Å². The molecule has 0 radical (unpaired) electrons. The van der Waals surface area contributed by atoms with E-state index in [-0.39, 0.29) is 23.5 Å². The van der Waals surface area contributed by atoms with E-state index in [1.165, 1.54) is 6.07 Å². The number of nitrogens with zero attached hydrogens (tertiary/aromatic N) is 5. The fourth-order valence-electron chi connectivity index (χ4n) is 3.68. The third-order valence-electron chi connectivity index (χ3n) is 5.22. The largest absolute Gasteiger partial charge is 0.374 e. The molecular weight excluding hydrogens is 354 g/mol. The third-order valence-corrected chi connectivity index (χ3v) is 5.22. The molecule has 7 nitrogen and oxygen atoms in total. The molecule has 4 rings (SSSR count). The smallest absolute Gasteiger partial charge is 0.255 e.